The molecule has 0 aliphatic carbocycles. The Labute approximate surface area is 104 Å². The highest BCUT2D eigenvalue weighted by atomic mass is 32.2. The van der Waals surface area contributed by atoms with Crippen LogP contribution in [-0.4, -0.2) is 38.8 Å². The number of nitrogens with two attached hydrogens (primary N) is 1. The molecule has 0 aliphatic rings. The highest BCUT2D eigenvalue weighted by Gasteiger charge is 2.24. The Morgan fingerprint density at radius 1 is 1.59 bits per heavy atom. The number of carbonyl (C=O) groups excluding carboxylic acids is 1. The zero-order valence-corrected chi connectivity index (χ0v) is 11.3. The predicted molar refractivity (Wildman–Crippen MR) is 67.2 cm³/mol. The summed E-state index contributed by atoms with van der Waals surface area (Å²) in [5, 5.41) is 4.09. The number of sulfonamides is 1. The lowest BCUT2D eigenvalue weighted by Crippen LogP contribution is -2.37. The molecule has 0 radical (unpaired) electrons. The van der Waals surface area contributed by atoms with Crippen molar-refractivity contribution in [3.05, 3.63) is 11.4 Å². The largest absolute Gasteiger partial charge is 0.398 e. The summed E-state index contributed by atoms with van der Waals surface area (Å²) in [4.78, 5) is 11.3. The van der Waals surface area contributed by atoms with Gasteiger partial charge in [0, 0.05) is 24.7 Å². The lowest BCUT2D eigenvalue weighted by molar-refractivity contribution is -0.121. The van der Waals surface area contributed by atoms with Gasteiger partial charge in [-0.05, 0) is 13.0 Å². The molecule has 0 saturated carbocycles. The van der Waals surface area contributed by atoms with E-state index in [4.69, 9.17) is 5.73 Å². The third kappa shape index (κ3) is 3.42. The molecule has 1 heterocycles. The number of hydrogen-bond acceptors (Lipinski definition) is 5. The van der Waals surface area contributed by atoms with E-state index in [1.807, 2.05) is 0 Å². The highest BCUT2D eigenvalue weighted by molar-refractivity contribution is 7.91. The van der Waals surface area contributed by atoms with Crippen molar-refractivity contribution in [1.82, 2.24) is 9.62 Å². The second kappa shape index (κ2) is 5.48. The molecule has 0 aliphatic heterocycles. The molecular weight excluding hydrogens is 262 g/mol. The van der Waals surface area contributed by atoms with Crippen LogP contribution in [0, 0.1) is 0 Å². The van der Waals surface area contributed by atoms with Crippen molar-refractivity contribution in [1.29, 1.82) is 0 Å². The first-order chi connectivity index (χ1) is 7.87. The molecule has 0 aromatic carbocycles. The van der Waals surface area contributed by atoms with Crippen LogP contribution in [0.2, 0.25) is 0 Å². The van der Waals surface area contributed by atoms with Crippen LogP contribution in [0.4, 0.5) is 5.69 Å². The van der Waals surface area contributed by atoms with Gasteiger partial charge in [-0.2, -0.15) is 4.31 Å². The summed E-state index contributed by atoms with van der Waals surface area (Å²) >= 11 is 1.04. The minimum absolute atomic E-state index is 0.141. The average molecular weight is 277 g/mol. The Morgan fingerprint density at radius 3 is 2.71 bits per heavy atom. The van der Waals surface area contributed by atoms with Gasteiger partial charge >= 0.3 is 0 Å². The first kappa shape index (κ1) is 13.9. The van der Waals surface area contributed by atoms with Crippen molar-refractivity contribution < 1.29 is 13.2 Å². The number of rotatable bonds is 5. The molecule has 0 fully saturated rings. The average Bonchev–Trinajstić information content (AvgIpc) is 2.65. The predicted octanol–water partition coefficient (Wildman–Crippen LogP) is 0.0869. The van der Waals surface area contributed by atoms with Crippen LogP contribution in [-0.2, 0) is 14.8 Å². The minimum Gasteiger partial charge on any atom is -0.398 e. The van der Waals surface area contributed by atoms with Crippen LogP contribution >= 0.6 is 11.3 Å². The van der Waals surface area contributed by atoms with E-state index >= 15 is 0 Å². The first-order valence-corrected chi connectivity index (χ1v) is 7.27. The van der Waals surface area contributed by atoms with Gasteiger partial charge in [0.05, 0.1) is 6.54 Å². The lowest BCUT2D eigenvalue weighted by Gasteiger charge is -2.15. The van der Waals surface area contributed by atoms with Gasteiger partial charge in [-0.15, -0.1) is 11.3 Å². The zero-order chi connectivity index (χ0) is 13.1. The summed E-state index contributed by atoms with van der Waals surface area (Å²) < 4.78 is 25.1. The van der Waals surface area contributed by atoms with Gasteiger partial charge in [0.2, 0.25) is 5.91 Å². The number of nitrogens with one attached hydrogen (secondary N) is 1. The molecule has 1 aromatic heterocycles. The van der Waals surface area contributed by atoms with E-state index in [1.165, 1.54) is 13.1 Å². The molecular formula is C9H15N3O3S2. The fourth-order valence-corrected chi connectivity index (χ4v) is 3.58. The van der Waals surface area contributed by atoms with Crippen molar-refractivity contribution in [2.24, 2.45) is 0 Å². The number of carbonyl (C=O) groups is 1. The van der Waals surface area contributed by atoms with Gasteiger partial charge in [-0.1, -0.05) is 0 Å². The third-order valence-electron chi connectivity index (χ3n) is 2.00. The number of nitrogen functional groups attached to an aromatic ring is 1. The second-order valence-electron chi connectivity index (χ2n) is 3.41. The monoisotopic (exact) mass is 277 g/mol. The maximum Gasteiger partial charge on any atom is 0.252 e. The highest BCUT2D eigenvalue weighted by Crippen LogP contribution is 2.24. The van der Waals surface area contributed by atoms with Gasteiger partial charge in [-0.25, -0.2) is 8.42 Å². The number of amides is 1. The van der Waals surface area contributed by atoms with Crippen LogP contribution in [0.15, 0.2) is 15.7 Å². The number of likely N-dealkylation sites (N-methyl/N-ethyl adjacent to an activating group) is 2. The molecule has 17 heavy (non-hydrogen) atoms. The van der Waals surface area contributed by atoms with Crippen molar-refractivity contribution in [2.75, 3.05) is 25.9 Å². The van der Waals surface area contributed by atoms with Gasteiger partial charge in [0.1, 0.15) is 4.21 Å². The minimum atomic E-state index is -3.62. The Balaban J connectivity index is 2.81. The van der Waals surface area contributed by atoms with E-state index in [0.29, 0.717) is 12.2 Å². The molecule has 96 valence electrons. The van der Waals surface area contributed by atoms with Crippen LogP contribution in [0.3, 0.4) is 0 Å². The van der Waals surface area contributed by atoms with E-state index in [1.54, 1.807) is 12.3 Å². The van der Waals surface area contributed by atoms with Crippen molar-refractivity contribution >= 4 is 33.0 Å². The Hall–Kier alpha value is -1.12. The molecule has 0 spiro atoms. The van der Waals surface area contributed by atoms with Crippen molar-refractivity contribution in [2.45, 2.75) is 11.1 Å². The molecule has 0 bridgehead atoms. The maximum atomic E-state index is 12.0. The maximum absolute atomic E-state index is 12.0. The fraction of sp³-hybridized carbons (Fsp3) is 0.444. The molecule has 1 aromatic rings. The summed E-state index contributed by atoms with van der Waals surface area (Å²) in [5.74, 6) is -0.330. The van der Waals surface area contributed by atoms with Crippen molar-refractivity contribution in [3.63, 3.8) is 0 Å². The smallest absolute Gasteiger partial charge is 0.252 e. The molecule has 6 nitrogen and oxygen atoms in total. The zero-order valence-electron chi connectivity index (χ0n) is 9.63. The topological polar surface area (TPSA) is 92.5 Å². The summed E-state index contributed by atoms with van der Waals surface area (Å²) in [7, 11) is -2.26. The van der Waals surface area contributed by atoms with Crippen LogP contribution in [0.1, 0.15) is 6.92 Å². The Bertz CT molecular complexity index is 495. The third-order valence-corrected chi connectivity index (χ3v) is 5.24. The van der Waals surface area contributed by atoms with Gasteiger partial charge in [-0.3, -0.25) is 4.79 Å². The number of anilines is 1. The summed E-state index contributed by atoms with van der Waals surface area (Å²) in [6.45, 7) is 2.04. The lowest BCUT2D eigenvalue weighted by atomic mass is 10.5. The normalized spacial score (nSPS) is 11.7. The van der Waals surface area contributed by atoms with E-state index in [9.17, 15) is 13.2 Å². The molecule has 0 atom stereocenters. The second-order valence-corrected chi connectivity index (χ2v) is 6.60. The standard InChI is InChI=1S/C9H15N3O3S2/c1-3-11-8(13)5-12(2)17(14,15)9-4-7(10)6-16-9/h4,6H,3,5,10H2,1-2H3,(H,11,13). The first-order valence-electron chi connectivity index (χ1n) is 4.95. The molecule has 0 saturated heterocycles. The molecule has 3 N–H and O–H groups in total. The van der Waals surface area contributed by atoms with E-state index in [0.717, 1.165) is 15.6 Å². The van der Waals surface area contributed by atoms with Gasteiger partial charge < -0.3 is 11.1 Å². The molecule has 1 rings (SSSR count). The number of nitrogens with zero attached hydrogens (tertiary/aromatic N) is 1. The number of hydrogen-bond donors (Lipinski definition) is 2. The van der Waals surface area contributed by atoms with Crippen LogP contribution in [0.5, 0.6) is 0 Å². The quantitative estimate of drug-likeness (QED) is 0.797. The van der Waals surface area contributed by atoms with Crippen molar-refractivity contribution in [3.8, 4) is 0 Å². The number of thiophene rings is 1. The SMILES string of the molecule is CCNC(=O)CN(C)S(=O)(=O)c1cc(N)cs1. The Kier molecular flexibility index (Phi) is 4.49. The van der Waals surface area contributed by atoms with Gasteiger partial charge in [0.15, 0.2) is 0 Å². The summed E-state index contributed by atoms with van der Waals surface area (Å²) in [6, 6.07) is 1.38. The van der Waals surface area contributed by atoms with E-state index < -0.39 is 10.0 Å². The van der Waals surface area contributed by atoms with Crippen LogP contribution in [0.25, 0.3) is 0 Å². The van der Waals surface area contributed by atoms with E-state index in [-0.39, 0.29) is 16.7 Å². The summed E-state index contributed by atoms with van der Waals surface area (Å²) in [5.41, 5.74) is 5.88. The Morgan fingerprint density at radius 2 is 2.24 bits per heavy atom. The molecule has 0 unspecified atom stereocenters. The van der Waals surface area contributed by atoms with E-state index in [2.05, 4.69) is 5.32 Å². The fourth-order valence-electron chi connectivity index (χ4n) is 1.16. The molecule has 1 amide bonds. The van der Waals surface area contributed by atoms with Crippen LogP contribution < -0.4 is 11.1 Å². The van der Waals surface area contributed by atoms with Gasteiger partial charge in [0.25, 0.3) is 10.0 Å². The summed E-state index contributed by atoms with van der Waals surface area (Å²) in [6.07, 6.45) is 0. The molecule has 8 heteroatoms.